The van der Waals surface area contributed by atoms with Crippen molar-refractivity contribution in [2.24, 2.45) is 0 Å². The van der Waals surface area contributed by atoms with Gasteiger partial charge in [-0.2, -0.15) is 0 Å². The third kappa shape index (κ3) is 11.7. The van der Waals surface area contributed by atoms with Crippen LogP contribution in [0, 0.1) is 30.3 Å². The maximum absolute atomic E-state index is 11.2. The number of carbonyl (C=O) groups excluding carboxylic acids is 1. The second-order valence-corrected chi connectivity index (χ2v) is 6.19. The smallest absolute Gasteiger partial charge is 0.253 e. The van der Waals surface area contributed by atoms with Crippen LogP contribution in [0.4, 0.5) is 0 Å². The highest BCUT2D eigenvalue weighted by atomic mass is 16.6. The molecule has 0 aromatic rings. The Bertz CT molecular complexity index is 639. The number of allylic oxidation sites excluding steroid dienone is 3. The molecule has 0 heterocycles. The first-order valence-corrected chi connectivity index (χ1v) is 9.27. The largest absolute Gasteiger partial charge is 0.303 e. The summed E-state index contributed by atoms with van der Waals surface area (Å²) in [5.41, 5.74) is -0.934. The van der Waals surface area contributed by atoms with Crippen molar-refractivity contribution in [1.29, 1.82) is 0 Å². The van der Waals surface area contributed by atoms with E-state index in [1.54, 1.807) is 0 Å². The molecule has 0 saturated carbocycles. The van der Waals surface area contributed by atoms with Crippen LogP contribution in [0.5, 0.6) is 0 Å². The van der Waals surface area contributed by atoms with Gasteiger partial charge in [0.15, 0.2) is 0 Å². The summed E-state index contributed by atoms with van der Waals surface area (Å²) >= 11 is 0. The van der Waals surface area contributed by atoms with E-state index in [0.29, 0.717) is 32.1 Å². The van der Waals surface area contributed by atoms with Gasteiger partial charge >= 0.3 is 0 Å². The van der Waals surface area contributed by atoms with Crippen LogP contribution in [0.15, 0.2) is 35.3 Å². The summed E-state index contributed by atoms with van der Waals surface area (Å²) in [6, 6.07) is 0. The molecule has 0 spiro atoms. The van der Waals surface area contributed by atoms with Gasteiger partial charge in [-0.25, -0.2) is 0 Å². The maximum Gasteiger partial charge on any atom is 0.253 e. The molecule has 0 aromatic carbocycles. The van der Waals surface area contributed by atoms with Gasteiger partial charge in [0.2, 0.25) is 5.70 Å². The molecule has 0 aliphatic heterocycles. The van der Waals surface area contributed by atoms with E-state index < -0.39 is 26.9 Å². The van der Waals surface area contributed by atoms with Crippen LogP contribution in [0.2, 0.25) is 0 Å². The molecule has 10 nitrogen and oxygen atoms in total. The minimum Gasteiger partial charge on any atom is -0.303 e. The number of hydrogen-bond acceptors (Lipinski definition) is 7. The monoisotopic (exact) mass is 397 g/mol. The molecular formula is C18H27N3O7. The van der Waals surface area contributed by atoms with Gasteiger partial charge in [-0.15, -0.1) is 0 Å². The summed E-state index contributed by atoms with van der Waals surface area (Å²) in [6.07, 6.45) is 8.81. The Morgan fingerprint density at radius 1 is 0.714 bits per heavy atom. The Balaban J connectivity index is 5.14. The molecule has 0 aliphatic carbocycles. The zero-order valence-electron chi connectivity index (χ0n) is 16.1. The first-order valence-electron chi connectivity index (χ1n) is 9.27. The van der Waals surface area contributed by atoms with Crippen LogP contribution in [0.25, 0.3) is 0 Å². The van der Waals surface area contributed by atoms with E-state index in [0.717, 1.165) is 31.6 Å². The average molecular weight is 397 g/mol. The number of nitrogens with zero attached hydrogens (tertiary/aromatic N) is 3. The average Bonchev–Trinajstić information content (AvgIpc) is 2.63. The van der Waals surface area contributed by atoms with Crippen molar-refractivity contribution < 1.29 is 19.6 Å². The van der Waals surface area contributed by atoms with Crippen molar-refractivity contribution in [3.8, 4) is 0 Å². The summed E-state index contributed by atoms with van der Waals surface area (Å²) in [5.74, 6) is 0. The van der Waals surface area contributed by atoms with Crippen LogP contribution in [-0.2, 0) is 4.79 Å². The van der Waals surface area contributed by atoms with Gasteiger partial charge in [-0.05, 0) is 44.3 Å². The van der Waals surface area contributed by atoms with Gasteiger partial charge in [0, 0.05) is 12.5 Å². The Hall–Kier alpha value is -2.91. The topological polar surface area (TPSA) is 146 Å². The number of carbonyl (C=O) groups is 1. The van der Waals surface area contributed by atoms with Gasteiger partial charge < -0.3 is 4.79 Å². The van der Waals surface area contributed by atoms with E-state index in [2.05, 4.69) is 0 Å². The maximum atomic E-state index is 11.2. The third-order valence-electron chi connectivity index (χ3n) is 3.96. The molecule has 0 atom stereocenters. The third-order valence-corrected chi connectivity index (χ3v) is 3.96. The molecule has 0 unspecified atom stereocenters. The summed E-state index contributed by atoms with van der Waals surface area (Å²) in [4.78, 5) is 41.7. The number of aldehydes is 1. The Labute approximate surface area is 163 Å². The minimum atomic E-state index is -0.752. The van der Waals surface area contributed by atoms with Gasteiger partial charge in [0.05, 0.1) is 21.2 Å². The van der Waals surface area contributed by atoms with Gasteiger partial charge in [0.1, 0.15) is 12.7 Å². The molecule has 0 rings (SSSR count). The minimum absolute atomic E-state index is 0.157. The van der Waals surface area contributed by atoms with E-state index in [9.17, 15) is 35.1 Å². The highest BCUT2D eigenvalue weighted by Crippen LogP contribution is 2.17. The quantitative estimate of drug-likeness (QED) is 0.160. The summed E-state index contributed by atoms with van der Waals surface area (Å²) < 4.78 is 0. The van der Waals surface area contributed by atoms with Gasteiger partial charge in [-0.1, -0.05) is 19.8 Å². The Morgan fingerprint density at radius 2 is 1.18 bits per heavy atom. The van der Waals surface area contributed by atoms with E-state index in [-0.39, 0.29) is 17.8 Å². The number of nitro groups is 3. The molecule has 10 heteroatoms. The first kappa shape index (κ1) is 25.1. The highest BCUT2D eigenvalue weighted by molar-refractivity contribution is 5.48. The fraction of sp³-hybridized carbons (Fsp3) is 0.611. The van der Waals surface area contributed by atoms with E-state index in [4.69, 9.17) is 0 Å². The lowest BCUT2D eigenvalue weighted by Crippen LogP contribution is -2.07. The molecule has 156 valence electrons. The molecule has 0 N–H and O–H groups in total. The number of unbranched alkanes of at least 4 members (excludes halogenated alkanes) is 6. The Kier molecular flexibility index (Phi) is 13.6. The predicted molar refractivity (Wildman–Crippen MR) is 103 cm³/mol. The molecule has 0 aliphatic rings. The molecule has 0 radical (unpaired) electrons. The molecule has 0 aromatic heterocycles. The molecule has 0 amide bonds. The lowest BCUT2D eigenvalue weighted by molar-refractivity contribution is -0.450. The van der Waals surface area contributed by atoms with E-state index in [1.165, 1.54) is 12.2 Å². The molecular weight excluding hydrogens is 370 g/mol. The fourth-order valence-electron chi connectivity index (χ4n) is 2.37. The van der Waals surface area contributed by atoms with Crippen molar-refractivity contribution in [3.05, 3.63) is 65.7 Å². The van der Waals surface area contributed by atoms with E-state index >= 15 is 0 Å². The lowest BCUT2D eigenvalue weighted by Gasteiger charge is -2.00. The second kappa shape index (κ2) is 15.2. The normalized spacial score (nSPS) is 12.7. The number of rotatable bonds is 16. The van der Waals surface area contributed by atoms with Gasteiger partial charge in [-0.3, -0.25) is 30.3 Å². The fourth-order valence-corrected chi connectivity index (χ4v) is 2.37. The SMILES string of the molecule is CCCCC/C=C(\C/C=C(\C/C(=C\CCCCC=O)[N+](=O)[O-])[N+](=O)[O-])[N+](=O)[O-]. The van der Waals surface area contributed by atoms with E-state index in [1.807, 2.05) is 6.92 Å². The molecule has 0 saturated heterocycles. The predicted octanol–water partition coefficient (Wildman–Crippen LogP) is 4.59. The first-order chi connectivity index (χ1) is 13.3. The highest BCUT2D eigenvalue weighted by Gasteiger charge is 2.22. The zero-order chi connectivity index (χ0) is 21.4. The molecule has 0 fully saturated rings. The van der Waals surface area contributed by atoms with Crippen LogP contribution < -0.4 is 0 Å². The standard InChI is InChI=1S/C18H27N3O7/c1-2-3-4-7-10-16(19(23)24)12-13-18(21(27)28)15-17(20(25)26)11-8-5-6-9-14-22/h10-11,13-14H,2-9,12,15H2,1H3/b16-10+,17-11+,18-13+. The van der Waals surface area contributed by atoms with Crippen molar-refractivity contribution >= 4 is 6.29 Å². The zero-order valence-corrected chi connectivity index (χ0v) is 16.1. The Morgan fingerprint density at radius 3 is 1.68 bits per heavy atom. The van der Waals surface area contributed by atoms with Crippen molar-refractivity contribution in [2.75, 3.05) is 0 Å². The van der Waals surface area contributed by atoms with Gasteiger partial charge in [0.25, 0.3) is 11.4 Å². The van der Waals surface area contributed by atoms with Crippen molar-refractivity contribution in [1.82, 2.24) is 0 Å². The summed E-state index contributed by atoms with van der Waals surface area (Å²) in [6.45, 7) is 2.01. The van der Waals surface area contributed by atoms with Crippen LogP contribution >= 0.6 is 0 Å². The number of hydrogen-bond donors (Lipinski definition) is 0. The van der Waals surface area contributed by atoms with Crippen LogP contribution in [-0.4, -0.2) is 21.1 Å². The summed E-state index contributed by atoms with van der Waals surface area (Å²) in [7, 11) is 0. The lowest BCUT2D eigenvalue weighted by atomic mass is 10.1. The second-order valence-electron chi connectivity index (χ2n) is 6.19. The van der Waals surface area contributed by atoms with Crippen LogP contribution in [0.1, 0.15) is 71.1 Å². The molecule has 28 heavy (non-hydrogen) atoms. The van der Waals surface area contributed by atoms with Crippen LogP contribution in [0.3, 0.4) is 0 Å². The molecule has 0 bridgehead atoms. The van der Waals surface area contributed by atoms with Crippen molar-refractivity contribution in [3.63, 3.8) is 0 Å². The van der Waals surface area contributed by atoms with Crippen molar-refractivity contribution in [2.45, 2.75) is 71.1 Å². The summed E-state index contributed by atoms with van der Waals surface area (Å²) in [5, 5.41) is 33.4.